The summed E-state index contributed by atoms with van der Waals surface area (Å²) in [5, 5.41) is 11.4. The van der Waals surface area contributed by atoms with Crippen molar-refractivity contribution in [3.05, 3.63) is 36.5 Å². The van der Waals surface area contributed by atoms with Crippen molar-refractivity contribution in [3.63, 3.8) is 0 Å². The molecule has 0 aliphatic carbocycles. The Morgan fingerprint density at radius 1 is 1.11 bits per heavy atom. The Labute approximate surface area is 113 Å². The molecule has 0 amide bonds. The smallest absolute Gasteiger partial charge is 0.251 e. The summed E-state index contributed by atoms with van der Waals surface area (Å²) in [5.74, 6) is 1.29. The lowest BCUT2D eigenvalue weighted by atomic mass is 10.1. The zero-order valence-electron chi connectivity index (χ0n) is 11.8. The summed E-state index contributed by atoms with van der Waals surface area (Å²) >= 11 is 0. The minimum absolute atomic E-state index is 0.0569. The lowest BCUT2D eigenvalue weighted by molar-refractivity contribution is 0.628. The summed E-state index contributed by atoms with van der Waals surface area (Å²) in [5.41, 5.74) is 0.968. The first-order valence-corrected chi connectivity index (χ1v) is 6.22. The van der Waals surface area contributed by atoms with Crippen LogP contribution in [-0.4, -0.2) is 27.8 Å². The van der Waals surface area contributed by atoms with Crippen LogP contribution in [0.2, 0.25) is 0 Å². The molecular formula is C14H19N5. The Morgan fingerprint density at radius 2 is 1.79 bits per heavy atom. The number of anilines is 3. The highest BCUT2D eigenvalue weighted by Gasteiger charge is 2.13. The van der Waals surface area contributed by atoms with E-state index < -0.39 is 0 Å². The van der Waals surface area contributed by atoms with Gasteiger partial charge in [0.2, 0.25) is 0 Å². The monoisotopic (exact) mass is 257 g/mol. The highest BCUT2D eigenvalue weighted by atomic mass is 15.3. The van der Waals surface area contributed by atoms with E-state index in [0.29, 0.717) is 5.95 Å². The first-order chi connectivity index (χ1) is 8.96. The van der Waals surface area contributed by atoms with Crippen LogP contribution < -0.4 is 10.2 Å². The minimum atomic E-state index is -0.0569. The van der Waals surface area contributed by atoms with Crippen LogP contribution in [-0.2, 0) is 0 Å². The maximum atomic E-state index is 4.48. The van der Waals surface area contributed by atoms with Crippen molar-refractivity contribution in [2.45, 2.75) is 26.3 Å². The van der Waals surface area contributed by atoms with Crippen LogP contribution >= 0.6 is 0 Å². The molecule has 0 spiro atoms. The van der Waals surface area contributed by atoms with Crippen molar-refractivity contribution in [1.29, 1.82) is 0 Å². The van der Waals surface area contributed by atoms with Gasteiger partial charge in [-0.3, -0.25) is 0 Å². The number of para-hydroxylation sites is 1. The van der Waals surface area contributed by atoms with Gasteiger partial charge in [0.05, 0.1) is 6.20 Å². The van der Waals surface area contributed by atoms with Gasteiger partial charge >= 0.3 is 0 Å². The van der Waals surface area contributed by atoms with Crippen molar-refractivity contribution in [2.75, 3.05) is 17.3 Å². The van der Waals surface area contributed by atoms with Gasteiger partial charge in [-0.15, -0.1) is 5.10 Å². The molecular weight excluding hydrogens is 238 g/mol. The van der Waals surface area contributed by atoms with E-state index in [2.05, 4.69) is 41.3 Å². The molecule has 100 valence electrons. The maximum Gasteiger partial charge on any atom is 0.251 e. The number of nitrogens with zero attached hydrogens (tertiary/aromatic N) is 4. The van der Waals surface area contributed by atoms with Crippen LogP contribution in [0.25, 0.3) is 0 Å². The molecule has 1 aromatic heterocycles. The maximum absolute atomic E-state index is 4.48. The molecule has 5 nitrogen and oxygen atoms in total. The molecule has 1 aromatic carbocycles. The fourth-order valence-electron chi connectivity index (χ4n) is 1.65. The predicted molar refractivity (Wildman–Crippen MR) is 77.7 cm³/mol. The number of benzene rings is 1. The molecule has 19 heavy (non-hydrogen) atoms. The molecule has 0 saturated heterocycles. The third kappa shape index (κ3) is 3.64. The van der Waals surface area contributed by atoms with Crippen molar-refractivity contribution < 1.29 is 0 Å². The largest absolute Gasteiger partial charge is 0.364 e. The van der Waals surface area contributed by atoms with Crippen molar-refractivity contribution in [2.24, 2.45) is 0 Å². The van der Waals surface area contributed by atoms with Crippen molar-refractivity contribution >= 4 is 17.5 Å². The van der Waals surface area contributed by atoms with E-state index in [1.165, 1.54) is 0 Å². The summed E-state index contributed by atoms with van der Waals surface area (Å²) in [6.07, 6.45) is 1.63. The van der Waals surface area contributed by atoms with E-state index in [9.17, 15) is 0 Å². The fourth-order valence-corrected chi connectivity index (χ4v) is 1.65. The topological polar surface area (TPSA) is 53.9 Å². The average Bonchev–Trinajstić information content (AvgIpc) is 2.37. The third-order valence-electron chi connectivity index (χ3n) is 2.49. The SMILES string of the molecule is CN(c1ccccc1)c1nncc(NC(C)(C)C)n1. The molecule has 5 heteroatoms. The molecule has 0 atom stereocenters. The van der Waals surface area contributed by atoms with Crippen LogP contribution in [0.4, 0.5) is 17.5 Å². The van der Waals surface area contributed by atoms with Gasteiger partial charge in [0, 0.05) is 18.3 Å². The Hall–Kier alpha value is -2.17. The summed E-state index contributed by atoms with van der Waals surface area (Å²) in [6, 6.07) is 9.96. The van der Waals surface area contributed by atoms with Crippen LogP contribution in [0.1, 0.15) is 20.8 Å². The van der Waals surface area contributed by atoms with Gasteiger partial charge in [0.25, 0.3) is 5.95 Å². The zero-order chi connectivity index (χ0) is 13.9. The van der Waals surface area contributed by atoms with Crippen molar-refractivity contribution in [1.82, 2.24) is 15.2 Å². The fraction of sp³-hybridized carbons (Fsp3) is 0.357. The van der Waals surface area contributed by atoms with E-state index in [1.807, 2.05) is 42.3 Å². The van der Waals surface area contributed by atoms with E-state index >= 15 is 0 Å². The Morgan fingerprint density at radius 3 is 2.42 bits per heavy atom. The van der Waals surface area contributed by atoms with Gasteiger partial charge in [-0.05, 0) is 32.9 Å². The normalized spacial score (nSPS) is 11.2. The molecule has 1 heterocycles. The van der Waals surface area contributed by atoms with E-state index in [1.54, 1.807) is 6.20 Å². The van der Waals surface area contributed by atoms with Crippen LogP contribution in [0.5, 0.6) is 0 Å². The minimum Gasteiger partial charge on any atom is -0.364 e. The van der Waals surface area contributed by atoms with Gasteiger partial charge in [0.15, 0.2) is 5.82 Å². The molecule has 2 rings (SSSR count). The number of hydrogen-bond donors (Lipinski definition) is 1. The summed E-state index contributed by atoms with van der Waals surface area (Å²) < 4.78 is 0. The van der Waals surface area contributed by atoms with E-state index in [0.717, 1.165) is 11.5 Å². The molecule has 0 fully saturated rings. The highest BCUT2D eigenvalue weighted by molar-refractivity contribution is 5.56. The van der Waals surface area contributed by atoms with Crippen molar-refractivity contribution in [3.8, 4) is 0 Å². The molecule has 0 saturated carbocycles. The third-order valence-corrected chi connectivity index (χ3v) is 2.49. The lowest BCUT2D eigenvalue weighted by Crippen LogP contribution is -2.27. The quantitative estimate of drug-likeness (QED) is 0.916. The molecule has 0 aliphatic heterocycles. The molecule has 0 aliphatic rings. The average molecular weight is 257 g/mol. The first kappa shape index (κ1) is 13.3. The van der Waals surface area contributed by atoms with Gasteiger partial charge < -0.3 is 10.2 Å². The molecule has 0 bridgehead atoms. The number of aromatic nitrogens is 3. The van der Waals surface area contributed by atoms with Gasteiger partial charge in [-0.2, -0.15) is 10.1 Å². The Bertz CT molecular complexity index is 533. The van der Waals surface area contributed by atoms with Crippen LogP contribution in [0.3, 0.4) is 0 Å². The molecule has 2 aromatic rings. The standard InChI is InChI=1S/C14H19N5/c1-14(2,3)17-12-10-15-18-13(16-12)19(4)11-8-6-5-7-9-11/h5-10H,1-4H3,(H,16,17,18). The van der Waals surface area contributed by atoms with E-state index in [-0.39, 0.29) is 5.54 Å². The van der Waals surface area contributed by atoms with Gasteiger partial charge in [-0.1, -0.05) is 18.2 Å². The summed E-state index contributed by atoms with van der Waals surface area (Å²) in [7, 11) is 1.92. The van der Waals surface area contributed by atoms with Gasteiger partial charge in [-0.25, -0.2) is 0 Å². The van der Waals surface area contributed by atoms with E-state index in [4.69, 9.17) is 0 Å². The second kappa shape index (κ2) is 5.22. The second-order valence-electron chi connectivity index (χ2n) is 5.41. The zero-order valence-corrected chi connectivity index (χ0v) is 11.8. The first-order valence-electron chi connectivity index (χ1n) is 6.22. The molecule has 0 radical (unpaired) electrons. The number of hydrogen-bond acceptors (Lipinski definition) is 5. The molecule has 0 unspecified atom stereocenters. The number of nitrogens with one attached hydrogen (secondary N) is 1. The van der Waals surface area contributed by atoms with Crippen LogP contribution in [0.15, 0.2) is 36.5 Å². The summed E-state index contributed by atoms with van der Waals surface area (Å²) in [6.45, 7) is 6.24. The highest BCUT2D eigenvalue weighted by Crippen LogP contribution is 2.20. The number of rotatable bonds is 3. The Balaban J connectivity index is 2.24. The Kier molecular flexibility index (Phi) is 3.64. The van der Waals surface area contributed by atoms with Gasteiger partial charge in [0.1, 0.15) is 0 Å². The lowest BCUT2D eigenvalue weighted by Gasteiger charge is -2.22. The van der Waals surface area contributed by atoms with Crippen LogP contribution in [0, 0.1) is 0 Å². The summed E-state index contributed by atoms with van der Waals surface area (Å²) in [4.78, 5) is 6.38. The second-order valence-corrected chi connectivity index (χ2v) is 5.41. The molecule has 1 N–H and O–H groups in total. The predicted octanol–water partition coefficient (Wildman–Crippen LogP) is 2.85.